The molecule has 0 saturated carbocycles. The first kappa shape index (κ1) is 25.6. The molecule has 9 rings (SSSR count). The number of nitrogens with zero attached hydrogens (tertiary/aromatic N) is 3. The molecular weight excluding hydrogens is 550 g/mol. The molecule has 0 bridgehead atoms. The summed E-state index contributed by atoms with van der Waals surface area (Å²) in [7, 11) is 0. The van der Waals surface area contributed by atoms with Gasteiger partial charge in [-0.3, -0.25) is 0 Å². The van der Waals surface area contributed by atoms with Crippen LogP contribution in [0.25, 0.3) is 61.3 Å². The molecule has 0 saturated heterocycles. The molecule has 0 N–H and O–H groups in total. The molecule has 1 aromatic heterocycles. The SMILES string of the molecule is C1=CC2Oc3ccccc3C2C(c2ccc(-c3nc(-c4ccccc4)nc(-c4ccc5ccc6ccccc6c5c4)n3)cc2)=C1. The number of benzene rings is 6. The Morgan fingerprint density at radius 3 is 1.91 bits per heavy atom. The van der Waals surface area contributed by atoms with Gasteiger partial charge in [-0.05, 0) is 50.9 Å². The van der Waals surface area contributed by atoms with Gasteiger partial charge < -0.3 is 4.74 Å². The first-order valence-corrected chi connectivity index (χ1v) is 15.3. The molecule has 0 amide bonds. The highest BCUT2D eigenvalue weighted by molar-refractivity contribution is 6.08. The maximum atomic E-state index is 6.26. The van der Waals surface area contributed by atoms with Gasteiger partial charge in [0.15, 0.2) is 17.5 Å². The lowest BCUT2D eigenvalue weighted by atomic mass is 9.81. The molecule has 0 radical (unpaired) electrons. The molecule has 2 aliphatic rings. The van der Waals surface area contributed by atoms with Crippen LogP contribution in [0, 0.1) is 0 Å². The highest BCUT2D eigenvalue weighted by atomic mass is 16.5. The molecule has 1 aliphatic carbocycles. The predicted octanol–water partition coefficient (Wildman–Crippen LogP) is 9.68. The molecule has 212 valence electrons. The summed E-state index contributed by atoms with van der Waals surface area (Å²) in [6.07, 6.45) is 6.48. The highest BCUT2D eigenvalue weighted by Crippen LogP contribution is 2.47. The number of para-hydroxylation sites is 1. The summed E-state index contributed by atoms with van der Waals surface area (Å²) >= 11 is 0. The maximum Gasteiger partial charge on any atom is 0.164 e. The Balaban J connectivity index is 1.14. The number of rotatable bonds is 4. The van der Waals surface area contributed by atoms with E-state index in [9.17, 15) is 0 Å². The minimum absolute atomic E-state index is 0.0145. The van der Waals surface area contributed by atoms with E-state index in [0.29, 0.717) is 17.5 Å². The van der Waals surface area contributed by atoms with Gasteiger partial charge in [-0.25, -0.2) is 15.0 Å². The quantitative estimate of drug-likeness (QED) is 0.195. The second kappa shape index (κ2) is 10.4. The zero-order valence-corrected chi connectivity index (χ0v) is 24.3. The fourth-order valence-corrected chi connectivity index (χ4v) is 6.68. The summed E-state index contributed by atoms with van der Waals surface area (Å²) in [5.41, 5.74) is 6.51. The molecule has 4 heteroatoms. The monoisotopic (exact) mass is 577 g/mol. The first-order chi connectivity index (χ1) is 22.3. The van der Waals surface area contributed by atoms with Crippen LogP contribution in [0.2, 0.25) is 0 Å². The zero-order valence-electron chi connectivity index (χ0n) is 24.3. The van der Waals surface area contributed by atoms with Crippen molar-refractivity contribution >= 4 is 27.1 Å². The Morgan fingerprint density at radius 1 is 0.489 bits per heavy atom. The van der Waals surface area contributed by atoms with Gasteiger partial charge in [0.25, 0.3) is 0 Å². The van der Waals surface area contributed by atoms with Crippen molar-refractivity contribution in [2.24, 2.45) is 0 Å². The number of hydrogen-bond acceptors (Lipinski definition) is 4. The summed E-state index contributed by atoms with van der Waals surface area (Å²) in [5, 5.41) is 4.80. The van der Waals surface area contributed by atoms with Crippen LogP contribution in [0.1, 0.15) is 17.0 Å². The first-order valence-electron chi connectivity index (χ1n) is 15.3. The van der Waals surface area contributed by atoms with E-state index in [-0.39, 0.29) is 12.0 Å². The van der Waals surface area contributed by atoms with Crippen molar-refractivity contribution in [3.8, 4) is 39.9 Å². The minimum atomic E-state index is 0.0145. The number of aromatic nitrogens is 3. The van der Waals surface area contributed by atoms with Crippen LogP contribution in [-0.4, -0.2) is 21.1 Å². The molecule has 2 atom stereocenters. The van der Waals surface area contributed by atoms with Gasteiger partial charge in [0, 0.05) is 22.3 Å². The van der Waals surface area contributed by atoms with Crippen molar-refractivity contribution in [3.63, 3.8) is 0 Å². The van der Waals surface area contributed by atoms with E-state index in [1.807, 2.05) is 36.4 Å². The van der Waals surface area contributed by atoms with Crippen LogP contribution in [0.3, 0.4) is 0 Å². The average molecular weight is 578 g/mol. The van der Waals surface area contributed by atoms with Crippen LogP contribution >= 0.6 is 0 Å². The van der Waals surface area contributed by atoms with Crippen LogP contribution in [0.5, 0.6) is 5.75 Å². The van der Waals surface area contributed by atoms with E-state index in [1.165, 1.54) is 32.7 Å². The van der Waals surface area contributed by atoms with Gasteiger partial charge >= 0.3 is 0 Å². The van der Waals surface area contributed by atoms with Crippen molar-refractivity contribution in [2.75, 3.05) is 0 Å². The fraction of sp³-hybridized carbons (Fsp3) is 0.0488. The average Bonchev–Trinajstić information content (AvgIpc) is 3.51. The van der Waals surface area contributed by atoms with E-state index >= 15 is 0 Å². The van der Waals surface area contributed by atoms with Crippen molar-refractivity contribution in [1.29, 1.82) is 0 Å². The zero-order chi connectivity index (χ0) is 29.7. The van der Waals surface area contributed by atoms with Gasteiger partial charge in [0.05, 0.1) is 5.92 Å². The number of allylic oxidation sites excluding steroid dienone is 2. The van der Waals surface area contributed by atoms with E-state index in [2.05, 4.69) is 115 Å². The number of ether oxygens (including phenoxy) is 1. The molecule has 7 aromatic rings. The summed E-state index contributed by atoms with van der Waals surface area (Å²) in [6.45, 7) is 0. The Bertz CT molecular complexity index is 2310. The summed E-state index contributed by atoms with van der Waals surface area (Å²) in [5.74, 6) is 3.10. The lowest BCUT2D eigenvalue weighted by Crippen LogP contribution is -2.19. The minimum Gasteiger partial charge on any atom is -0.485 e. The molecule has 0 fully saturated rings. The van der Waals surface area contributed by atoms with Crippen LogP contribution in [-0.2, 0) is 0 Å². The Morgan fingerprint density at radius 2 is 1.09 bits per heavy atom. The second-order valence-electron chi connectivity index (χ2n) is 11.6. The summed E-state index contributed by atoms with van der Waals surface area (Å²) in [4.78, 5) is 15.0. The third kappa shape index (κ3) is 4.42. The molecule has 0 spiro atoms. The van der Waals surface area contributed by atoms with Gasteiger partial charge in [0.1, 0.15) is 11.9 Å². The topological polar surface area (TPSA) is 47.9 Å². The van der Waals surface area contributed by atoms with E-state index in [1.54, 1.807) is 0 Å². The lowest BCUT2D eigenvalue weighted by molar-refractivity contribution is 0.271. The molecule has 1 aliphatic heterocycles. The van der Waals surface area contributed by atoms with Crippen LogP contribution in [0.4, 0.5) is 0 Å². The van der Waals surface area contributed by atoms with Crippen LogP contribution < -0.4 is 4.74 Å². The highest BCUT2D eigenvalue weighted by Gasteiger charge is 2.36. The lowest BCUT2D eigenvalue weighted by Gasteiger charge is -2.23. The third-order valence-electron chi connectivity index (χ3n) is 8.91. The molecule has 2 heterocycles. The molecule has 6 aromatic carbocycles. The van der Waals surface area contributed by atoms with E-state index in [0.717, 1.165) is 28.0 Å². The fourth-order valence-electron chi connectivity index (χ4n) is 6.68. The normalized spacial score (nSPS) is 16.7. The maximum absolute atomic E-state index is 6.26. The van der Waals surface area contributed by atoms with E-state index < -0.39 is 0 Å². The molecule has 4 nitrogen and oxygen atoms in total. The van der Waals surface area contributed by atoms with Crippen molar-refractivity contribution < 1.29 is 4.74 Å². The predicted molar refractivity (Wildman–Crippen MR) is 182 cm³/mol. The van der Waals surface area contributed by atoms with Crippen molar-refractivity contribution in [3.05, 3.63) is 163 Å². The molecular formula is C41H27N3O. The van der Waals surface area contributed by atoms with Crippen molar-refractivity contribution in [2.45, 2.75) is 12.0 Å². The Kier molecular flexibility index (Phi) is 5.91. The van der Waals surface area contributed by atoms with Crippen LogP contribution in [0.15, 0.2) is 152 Å². The third-order valence-corrected chi connectivity index (χ3v) is 8.91. The number of fused-ring (bicyclic) bond motifs is 6. The van der Waals surface area contributed by atoms with Gasteiger partial charge in [0.2, 0.25) is 0 Å². The molecule has 2 unspecified atom stereocenters. The standard InChI is InChI=1S/C41H27N3O/c1-2-10-29(11-3-1)39-42-40(44-41(43-39)31-24-21-28-18-17-26-9-4-5-12-32(26)35(28)25-31)30-22-19-27(20-23-30)33-14-8-16-37-38(33)34-13-6-7-15-36(34)45-37/h1-25,37-38H. The summed E-state index contributed by atoms with van der Waals surface area (Å²) < 4.78 is 6.26. The largest absolute Gasteiger partial charge is 0.485 e. The Labute approximate surface area is 261 Å². The smallest absolute Gasteiger partial charge is 0.164 e. The second-order valence-corrected chi connectivity index (χ2v) is 11.6. The Hall–Kier alpha value is -5.87. The molecule has 45 heavy (non-hydrogen) atoms. The van der Waals surface area contributed by atoms with Crippen molar-refractivity contribution in [1.82, 2.24) is 15.0 Å². The van der Waals surface area contributed by atoms with Gasteiger partial charge in [-0.1, -0.05) is 133 Å². The van der Waals surface area contributed by atoms with E-state index in [4.69, 9.17) is 19.7 Å². The van der Waals surface area contributed by atoms with Gasteiger partial charge in [-0.15, -0.1) is 0 Å². The van der Waals surface area contributed by atoms with Gasteiger partial charge in [-0.2, -0.15) is 0 Å². The number of hydrogen-bond donors (Lipinski definition) is 0. The summed E-state index contributed by atoms with van der Waals surface area (Å²) in [6, 6.07) is 46.4.